The molecule has 7 heteroatoms. The lowest BCUT2D eigenvalue weighted by Crippen LogP contribution is -2.54. The molecule has 1 saturated heterocycles. The molecule has 29 heavy (non-hydrogen) atoms. The highest BCUT2D eigenvalue weighted by molar-refractivity contribution is 6.39. The predicted molar refractivity (Wildman–Crippen MR) is 109 cm³/mol. The van der Waals surface area contributed by atoms with Crippen LogP contribution in [0.2, 0.25) is 5.02 Å². The summed E-state index contributed by atoms with van der Waals surface area (Å²) in [5.74, 6) is -0.654. The fraction of sp³-hybridized carbons (Fsp3) is 0.0455. The summed E-state index contributed by atoms with van der Waals surface area (Å²) >= 11 is 6.00. The highest BCUT2D eigenvalue weighted by atomic mass is 35.5. The Balaban J connectivity index is 1.67. The molecule has 0 unspecified atom stereocenters. The van der Waals surface area contributed by atoms with Gasteiger partial charge in [0.05, 0.1) is 5.69 Å². The quantitative estimate of drug-likeness (QED) is 0.510. The fourth-order valence-corrected chi connectivity index (χ4v) is 3.15. The van der Waals surface area contributed by atoms with E-state index in [-0.39, 0.29) is 5.57 Å². The Morgan fingerprint density at radius 1 is 1.00 bits per heavy atom. The van der Waals surface area contributed by atoms with Crippen molar-refractivity contribution in [2.75, 3.05) is 4.90 Å². The molecule has 6 nitrogen and oxygen atoms in total. The first-order valence-corrected chi connectivity index (χ1v) is 9.14. The minimum absolute atomic E-state index is 0.197. The monoisotopic (exact) mass is 406 g/mol. The van der Waals surface area contributed by atoms with Gasteiger partial charge in [0, 0.05) is 10.6 Å². The van der Waals surface area contributed by atoms with Crippen molar-refractivity contribution >= 4 is 41.2 Å². The van der Waals surface area contributed by atoms with Crippen molar-refractivity contribution in [1.29, 1.82) is 0 Å². The molecule has 0 bridgehead atoms. The van der Waals surface area contributed by atoms with Gasteiger partial charge in [-0.05, 0) is 49.4 Å². The van der Waals surface area contributed by atoms with E-state index in [0.29, 0.717) is 22.2 Å². The molecule has 1 N–H and O–H groups in total. The molecule has 0 atom stereocenters. The van der Waals surface area contributed by atoms with Crippen molar-refractivity contribution in [2.45, 2.75) is 6.92 Å². The zero-order chi connectivity index (χ0) is 20.5. The molecular formula is C22H15ClN2O4. The van der Waals surface area contributed by atoms with E-state index in [2.05, 4.69) is 5.32 Å². The number of nitrogens with zero attached hydrogens (tertiary/aromatic N) is 1. The highest BCUT2D eigenvalue weighted by Crippen LogP contribution is 2.27. The number of amides is 4. The van der Waals surface area contributed by atoms with Crippen molar-refractivity contribution in [2.24, 2.45) is 0 Å². The predicted octanol–water partition coefficient (Wildman–Crippen LogP) is 4.57. The molecule has 0 spiro atoms. The van der Waals surface area contributed by atoms with Crippen LogP contribution in [0, 0.1) is 6.92 Å². The highest BCUT2D eigenvalue weighted by Gasteiger charge is 2.37. The number of rotatable bonds is 3. The number of hydrogen-bond donors (Lipinski definition) is 1. The molecule has 4 amide bonds. The lowest BCUT2D eigenvalue weighted by molar-refractivity contribution is -0.122. The molecule has 1 aliphatic rings. The van der Waals surface area contributed by atoms with Gasteiger partial charge >= 0.3 is 6.03 Å². The zero-order valence-corrected chi connectivity index (χ0v) is 16.1. The number of barbiturate groups is 1. The molecule has 1 aliphatic heterocycles. The Hall–Kier alpha value is -3.64. The number of imide groups is 2. The van der Waals surface area contributed by atoms with Gasteiger partial charge < -0.3 is 4.42 Å². The van der Waals surface area contributed by atoms with E-state index in [1.807, 2.05) is 13.0 Å². The van der Waals surface area contributed by atoms with Crippen molar-refractivity contribution in [3.05, 3.63) is 82.6 Å². The molecule has 3 aromatic rings. The van der Waals surface area contributed by atoms with Crippen molar-refractivity contribution in [3.8, 4) is 11.3 Å². The third-order valence-corrected chi connectivity index (χ3v) is 4.65. The third-order valence-electron chi connectivity index (χ3n) is 4.42. The maximum atomic E-state index is 12.9. The molecule has 2 heterocycles. The molecule has 0 aliphatic carbocycles. The smallest absolute Gasteiger partial charge is 0.335 e. The number of carbonyl (C=O) groups excluding carboxylic acids is 3. The second-order valence-electron chi connectivity index (χ2n) is 6.51. The molecule has 0 saturated carbocycles. The van der Waals surface area contributed by atoms with Crippen LogP contribution in [0.4, 0.5) is 10.5 Å². The second kappa shape index (κ2) is 7.41. The lowest BCUT2D eigenvalue weighted by Gasteiger charge is -2.26. The van der Waals surface area contributed by atoms with Crippen LogP contribution >= 0.6 is 11.6 Å². The standard InChI is InChI=1S/C22H15ClN2O4/c1-13-5-7-16(8-6-13)25-21(27)18(20(26)24-22(25)28)12-17-9-10-19(29-17)14-3-2-4-15(23)11-14/h2-12H,1H3,(H,24,26,28). The fourth-order valence-electron chi connectivity index (χ4n) is 2.96. The Kier molecular flexibility index (Phi) is 4.78. The van der Waals surface area contributed by atoms with Gasteiger partial charge in [0.1, 0.15) is 17.1 Å². The minimum atomic E-state index is -0.792. The van der Waals surface area contributed by atoms with Crippen molar-refractivity contribution < 1.29 is 18.8 Å². The number of carbonyl (C=O) groups is 3. The first-order valence-electron chi connectivity index (χ1n) is 8.76. The molecular weight excluding hydrogens is 392 g/mol. The Morgan fingerprint density at radius 3 is 2.48 bits per heavy atom. The summed E-state index contributed by atoms with van der Waals surface area (Å²) in [5.41, 5.74) is 1.92. The first-order chi connectivity index (χ1) is 13.9. The first kappa shape index (κ1) is 18.7. The van der Waals surface area contributed by atoms with Crippen LogP contribution in [-0.2, 0) is 9.59 Å². The summed E-state index contributed by atoms with van der Waals surface area (Å²) in [6.45, 7) is 1.89. The average Bonchev–Trinajstić information content (AvgIpc) is 3.15. The van der Waals surface area contributed by atoms with Crippen molar-refractivity contribution in [1.82, 2.24) is 5.32 Å². The van der Waals surface area contributed by atoms with Crippen LogP contribution in [-0.4, -0.2) is 17.8 Å². The van der Waals surface area contributed by atoms with Gasteiger partial charge in [0.25, 0.3) is 11.8 Å². The summed E-state index contributed by atoms with van der Waals surface area (Å²) < 4.78 is 5.74. The normalized spacial score (nSPS) is 15.7. The van der Waals surface area contributed by atoms with E-state index in [1.54, 1.807) is 54.6 Å². The summed E-state index contributed by atoms with van der Waals surface area (Å²) in [4.78, 5) is 38.3. The summed E-state index contributed by atoms with van der Waals surface area (Å²) in [6, 6.07) is 16.5. The summed E-state index contributed by atoms with van der Waals surface area (Å²) in [7, 11) is 0. The molecule has 4 rings (SSSR count). The minimum Gasteiger partial charge on any atom is -0.457 e. The van der Waals surface area contributed by atoms with Gasteiger partial charge in [-0.15, -0.1) is 0 Å². The van der Waals surface area contributed by atoms with E-state index in [4.69, 9.17) is 16.0 Å². The van der Waals surface area contributed by atoms with Gasteiger partial charge in [0.15, 0.2) is 0 Å². The number of nitrogens with one attached hydrogen (secondary N) is 1. The second-order valence-corrected chi connectivity index (χ2v) is 6.94. The topological polar surface area (TPSA) is 79.6 Å². The average molecular weight is 407 g/mol. The number of hydrogen-bond acceptors (Lipinski definition) is 4. The summed E-state index contributed by atoms with van der Waals surface area (Å²) in [6.07, 6.45) is 1.32. The SMILES string of the molecule is Cc1ccc(N2C(=O)NC(=O)C(=Cc3ccc(-c4cccc(Cl)c4)o3)C2=O)cc1. The van der Waals surface area contributed by atoms with E-state index in [1.165, 1.54) is 6.08 Å². The number of furan rings is 1. The van der Waals surface area contributed by atoms with Crippen LogP contribution in [0.15, 0.2) is 70.7 Å². The molecule has 2 aromatic carbocycles. The molecule has 1 aromatic heterocycles. The maximum absolute atomic E-state index is 12.9. The number of urea groups is 1. The van der Waals surface area contributed by atoms with Gasteiger partial charge in [-0.3, -0.25) is 14.9 Å². The van der Waals surface area contributed by atoms with E-state index < -0.39 is 17.8 Å². The van der Waals surface area contributed by atoms with Crippen LogP contribution in [0.5, 0.6) is 0 Å². The van der Waals surface area contributed by atoms with E-state index in [0.717, 1.165) is 16.0 Å². The van der Waals surface area contributed by atoms with Crippen LogP contribution in [0.1, 0.15) is 11.3 Å². The van der Waals surface area contributed by atoms with Crippen molar-refractivity contribution in [3.63, 3.8) is 0 Å². The number of anilines is 1. The lowest BCUT2D eigenvalue weighted by atomic mass is 10.1. The van der Waals surface area contributed by atoms with Gasteiger partial charge in [-0.25, -0.2) is 9.69 Å². The van der Waals surface area contributed by atoms with Crippen LogP contribution < -0.4 is 10.2 Å². The van der Waals surface area contributed by atoms with E-state index in [9.17, 15) is 14.4 Å². The molecule has 1 fully saturated rings. The Bertz CT molecular complexity index is 1160. The Labute approximate surface area is 171 Å². The largest absolute Gasteiger partial charge is 0.457 e. The van der Waals surface area contributed by atoms with Gasteiger partial charge in [-0.2, -0.15) is 0 Å². The van der Waals surface area contributed by atoms with E-state index >= 15 is 0 Å². The zero-order valence-electron chi connectivity index (χ0n) is 15.3. The maximum Gasteiger partial charge on any atom is 0.335 e. The van der Waals surface area contributed by atoms with Crippen LogP contribution in [0.3, 0.4) is 0 Å². The van der Waals surface area contributed by atoms with Gasteiger partial charge in [0.2, 0.25) is 0 Å². The Morgan fingerprint density at radius 2 is 1.76 bits per heavy atom. The molecule has 144 valence electrons. The summed E-state index contributed by atoms with van der Waals surface area (Å²) in [5, 5.41) is 2.75. The number of aryl methyl sites for hydroxylation is 1. The van der Waals surface area contributed by atoms with Crippen LogP contribution in [0.25, 0.3) is 17.4 Å². The number of benzene rings is 2. The third kappa shape index (κ3) is 3.70. The van der Waals surface area contributed by atoms with Gasteiger partial charge in [-0.1, -0.05) is 41.4 Å². The number of halogens is 1. The molecule has 0 radical (unpaired) electrons.